The second-order valence-electron chi connectivity index (χ2n) is 7.23. The van der Waals surface area contributed by atoms with Crippen molar-refractivity contribution in [1.29, 1.82) is 0 Å². The summed E-state index contributed by atoms with van der Waals surface area (Å²) in [6.07, 6.45) is 0. The van der Waals surface area contributed by atoms with Gasteiger partial charge in [-0.3, -0.25) is 14.4 Å². The molecular formula is C22H25N3O3. The van der Waals surface area contributed by atoms with Crippen molar-refractivity contribution in [2.75, 3.05) is 29.9 Å². The fourth-order valence-electron chi connectivity index (χ4n) is 3.20. The van der Waals surface area contributed by atoms with Crippen LogP contribution < -0.4 is 10.2 Å². The van der Waals surface area contributed by atoms with Gasteiger partial charge in [-0.1, -0.05) is 31.2 Å². The van der Waals surface area contributed by atoms with Crippen LogP contribution in [-0.2, 0) is 14.4 Å². The van der Waals surface area contributed by atoms with Crippen molar-refractivity contribution >= 4 is 29.1 Å². The van der Waals surface area contributed by atoms with Gasteiger partial charge in [0.2, 0.25) is 5.91 Å². The lowest BCUT2D eigenvalue weighted by atomic mass is 10.1. The number of carbonyl (C=O) groups is 3. The van der Waals surface area contributed by atoms with E-state index in [1.165, 1.54) is 9.80 Å². The highest BCUT2D eigenvalue weighted by molar-refractivity contribution is 6.41. The summed E-state index contributed by atoms with van der Waals surface area (Å²) in [5, 5.41) is 2.89. The van der Waals surface area contributed by atoms with E-state index in [0.29, 0.717) is 18.8 Å². The number of hydrogen-bond donors (Lipinski definition) is 1. The molecule has 1 N–H and O–H groups in total. The van der Waals surface area contributed by atoms with Crippen LogP contribution in [0, 0.1) is 19.8 Å². The number of benzene rings is 2. The highest BCUT2D eigenvalue weighted by atomic mass is 16.2. The van der Waals surface area contributed by atoms with E-state index in [4.69, 9.17) is 0 Å². The number of amides is 3. The minimum atomic E-state index is -0.569. The van der Waals surface area contributed by atoms with Gasteiger partial charge in [-0.05, 0) is 49.2 Å². The fraction of sp³-hybridized carbons (Fsp3) is 0.318. The first-order valence-corrected chi connectivity index (χ1v) is 9.40. The molecule has 0 bridgehead atoms. The summed E-state index contributed by atoms with van der Waals surface area (Å²) in [6, 6.07) is 14.9. The number of aryl methyl sites for hydroxylation is 2. The highest BCUT2D eigenvalue weighted by Gasteiger charge is 2.34. The summed E-state index contributed by atoms with van der Waals surface area (Å²) < 4.78 is 0. The van der Waals surface area contributed by atoms with Crippen molar-refractivity contribution in [1.82, 2.24) is 4.90 Å². The molecule has 0 saturated carbocycles. The van der Waals surface area contributed by atoms with E-state index in [1.807, 2.05) is 50.2 Å². The lowest BCUT2D eigenvalue weighted by Gasteiger charge is -2.34. The SMILES string of the molecule is Cc1ccc(NC(=O)C(C)CN2CCN(c3ccccc3)C(=O)C2=O)cc1C. The largest absolute Gasteiger partial charge is 0.332 e. The Kier molecular flexibility index (Phi) is 5.78. The van der Waals surface area contributed by atoms with Crippen LogP contribution in [0.3, 0.4) is 0 Å². The van der Waals surface area contributed by atoms with Gasteiger partial charge in [0, 0.05) is 31.0 Å². The number of anilines is 2. The van der Waals surface area contributed by atoms with Crippen molar-refractivity contribution in [3.8, 4) is 0 Å². The van der Waals surface area contributed by atoms with Crippen LogP contribution in [0.15, 0.2) is 48.5 Å². The average molecular weight is 379 g/mol. The molecule has 1 aliphatic rings. The number of hydrogen-bond acceptors (Lipinski definition) is 3. The van der Waals surface area contributed by atoms with Crippen molar-refractivity contribution in [3.05, 3.63) is 59.7 Å². The first kappa shape index (κ1) is 19.6. The number of carbonyl (C=O) groups excluding carboxylic acids is 3. The Bertz CT molecular complexity index is 895. The molecule has 0 aromatic heterocycles. The molecule has 3 amide bonds. The fourth-order valence-corrected chi connectivity index (χ4v) is 3.20. The topological polar surface area (TPSA) is 69.7 Å². The van der Waals surface area contributed by atoms with Gasteiger partial charge in [0.05, 0.1) is 5.92 Å². The Morgan fingerprint density at radius 2 is 1.71 bits per heavy atom. The molecular weight excluding hydrogens is 354 g/mol. The first-order chi connectivity index (χ1) is 13.4. The molecule has 28 heavy (non-hydrogen) atoms. The molecule has 1 unspecified atom stereocenters. The molecule has 0 aliphatic carbocycles. The summed E-state index contributed by atoms with van der Waals surface area (Å²) in [7, 11) is 0. The lowest BCUT2D eigenvalue weighted by molar-refractivity contribution is -0.147. The second-order valence-corrected chi connectivity index (χ2v) is 7.23. The third-order valence-corrected chi connectivity index (χ3v) is 5.09. The van der Waals surface area contributed by atoms with Crippen LogP contribution in [0.4, 0.5) is 11.4 Å². The van der Waals surface area contributed by atoms with Crippen LogP contribution in [0.2, 0.25) is 0 Å². The minimum absolute atomic E-state index is 0.172. The van der Waals surface area contributed by atoms with Gasteiger partial charge in [-0.2, -0.15) is 0 Å². The van der Waals surface area contributed by atoms with Gasteiger partial charge >= 0.3 is 11.8 Å². The summed E-state index contributed by atoms with van der Waals surface area (Å²) in [6.45, 7) is 6.80. The van der Waals surface area contributed by atoms with Crippen LogP contribution in [0.1, 0.15) is 18.1 Å². The average Bonchev–Trinajstić information content (AvgIpc) is 2.69. The minimum Gasteiger partial charge on any atom is -0.332 e. The van der Waals surface area contributed by atoms with E-state index in [0.717, 1.165) is 16.8 Å². The number of piperazine rings is 1. The molecule has 6 heteroatoms. The van der Waals surface area contributed by atoms with Crippen molar-refractivity contribution in [2.24, 2.45) is 5.92 Å². The summed E-state index contributed by atoms with van der Waals surface area (Å²) in [5.74, 6) is -1.73. The number of para-hydroxylation sites is 1. The Morgan fingerprint density at radius 3 is 2.39 bits per heavy atom. The Labute approximate surface area is 165 Å². The molecule has 3 rings (SSSR count). The zero-order valence-corrected chi connectivity index (χ0v) is 16.4. The van der Waals surface area contributed by atoms with Gasteiger partial charge in [0.1, 0.15) is 0 Å². The van der Waals surface area contributed by atoms with Crippen molar-refractivity contribution in [2.45, 2.75) is 20.8 Å². The lowest BCUT2D eigenvalue weighted by Crippen LogP contribution is -2.55. The zero-order chi connectivity index (χ0) is 20.3. The van der Waals surface area contributed by atoms with Crippen LogP contribution in [0.5, 0.6) is 0 Å². The van der Waals surface area contributed by atoms with E-state index in [2.05, 4.69) is 5.32 Å². The molecule has 6 nitrogen and oxygen atoms in total. The summed E-state index contributed by atoms with van der Waals surface area (Å²) in [5.41, 5.74) is 3.70. The summed E-state index contributed by atoms with van der Waals surface area (Å²) >= 11 is 0. The monoisotopic (exact) mass is 379 g/mol. The van der Waals surface area contributed by atoms with Crippen molar-refractivity contribution < 1.29 is 14.4 Å². The van der Waals surface area contributed by atoms with E-state index >= 15 is 0 Å². The third kappa shape index (κ3) is 4.22. The summed E-state index contributed by atoms with van der Waals surface area (Å²) in [4.78, 5) is 40.5. The Balaban J connectivity index is 1.60. The van der Waals surface area contributed by atoms with Gasteiger partial charge in [0.25, 0.3) is 0 Å². The van der Waals surface area contributed by atoms with Gasteiger partial charge in [-0.15, -0.1) is 0 Å². The number of nitrogens with one attached hydrogen (secondary N) is 1. The molecule has 2 aromatic carbocycles. The third-order valence-electron chi connectivity index (χ3n) is 5.09. The van der Waals surface area contributed by atoms with E-state index in [9.17, 15) is 14.4 Å². The molecule has 0 radical (unpaired) electrons. The van der Waals surface area contributed by atoms with E-state index < -0.39 is 17.7 Å². The predicted molar refractivity (Wildman–Crippen MR) is 109 cm³/mol. The van der Waals surface area contributed by atoms with Crippen molar-refractivity contribution in [3.63, 3.8) is 0 Å². The smallest absolute Gasteiger partial charge is 0.316 e. The van der Waals surface area contributed by atoms with Crippen LogP contribution in [0.25, 0.3) is 0 Å². The molecule has 1 saturated heterocycles. The maximum atomic E-state index is 12.5. The second kappa shape index (κ2) is 8.25. The molecule has 1 fully saturated rings. The number of rotatable bonds is 5. The standard InChI is InChI=1S/C22H25N3O3/c1-15-9-10-18(13-16(15)2)23-20(26)17(3)14-24-11-12-25(22(28)21(24)27)19-7-5-4-6-8-19/h4-10,13,17H,11-12,14H2,1-3H3,(H,23,26). The Hall–Kier alpha value is -3.15. The quantitative estimate of drug-likeness (QED) is 0.812. The molecule has 1 aliphatic heterocycles. The first-order valence-electron chi connectivity index (χ1n) is 9.40. The van der Waals surface area contributed by atoms with Crippen LogP contribution in [-0.4, -0.2) is 42.3 Å². The van der Waals surface area contributed by atoms with Gasteiger partial charge < -0.3 is 15.1 Å². The van der Waals surface area contributed by atoms with Gasteiger partial charge in [-0.25, -0.2) is 0 Å². The normalized spacial score (nSPS) is 15.5. The van der Waals surface area contributed by atoms with E-state index in [1.54, 1.807) is 19.1 Å². The molecule has 0 spiro atoms. The predicted octanol–water partition coefficient (Wildman–Crippen LogP) is 2.75. The molecule has 1 atom stereocenters. The molecule has 146 valence electrons. The van der Waals surface area contributed by atoms with E-state index in [-0.39, 0.29) is 12.5 Å². The zero-order valence-electron chi connectivity index (χ0n) is 16.4. The molecule has 1 heterocycles. The Morgan fingerprint density at radius 1 is 1.00 bits per heavy atom. The highest BCUT2D eigenvalue weighted by Crippen LogP contribution is 2.19. The van der Waals surface area contributed by atoms with Gasteiger partial charge in [0.15, 0.2) is 0 Å². The molecule has 2 aromatic rings. The van der Waals surface area contributed by atoms with Crippen LogP contribution >= 0.6 is 0 Å². The maximum absolute atomic E-state index is 12.5. The number of nitrogens with zero attached hydrogens (tertiary/aromatic N) is 2. The maximum Gasteiger partial charge on any atom is 0.316 e.